The van der Waals surface area contributed by atoms with E-state index < -0.39 is 0 Å². The van der Waals surface area contributed by atoms with Crippen LogP contribution in [0.3, 0.4) is 0 Å². The van der Waals surface area contributed by atoms with Gasteiger partial charge >= 0.3 is 0 Å². The van der Waals surface area contributed by atoms with E-state index in [4.69, 9.17) is 4.98 Å². The number of hydrogen-bond acceptors (Lipinski definition) is 5. The van der Waals surface area contributed by atoms with Gasteiger partial charge < -0.3 is 4.90 Å². The van der Waals surface area contributed by atoms with E-state index in [2.05, 4.69) is 36.0 Å². The molecule has 1 aromatic carbocycles. The first kappa shape index (κ1) is 19.5. The minimum Gasteiger partial charge on any atom is -0.309 e. The summed E-state index contributed by atoms with van der Waals surface area (Å²) in [5.41, 5.74) is 3.81. The lowest BCUT2D eigenvalue weighted by molar-refractivity contribution is 0.0980. The van der Waals surface area contributed by atoms with Gasteiger partial charge in [0.05, 0.1) is 10.2 Å². The minimum absolute atomic E-state index is 0.0885. The van der Waals surface area contributed by atoms with E-state index in [1.807, 2.05) is 27.2 Å². The van der Waals surface area contributed by atoms with Crippen molar-refractivity contribution >= 4 is 32.6 Å². The summed E-state index contributed by atoms with van der Waals surface area (Å²) in [6, 6.07) is 6.02. The van der Waals surface area contributed by atoms with Gasteiger partial charge in [-0.3, -0.25) is 14.4 Å². The molecule has 0 saturated carbocycles. The highest BCUT2D eigenvalue weighted by Crippen LogP contribution is 2.32. The molecule has 3 rings (SSSR count). The first-order valence-corrected chi connectivity index (χ1v) is 10.1. The van der Waals surface area contributed by atoms with Crippen LogP contribution in [0.1, 0.15) is 35.0 Å². The first-order valence-electron chi connectivity index (χ1n) is 9.27. The van der Waals surface area contributed by atoms with E-state index in [0.29, 0.717) is 12.2 Å². The maximum Gasteiger partial charge on any atom is 0.280 e. The summed E-state index contributed by atoms with van der Waals surface area (Å²) in [6.07, 6.45) is 2.72. The van der Waals surface area contributed by atoms with Gasteiger partial charge in [-0.05, 0) is 71.1 Å². The van der Waals surface area contributed by atoms with Crippen LogP contribution in [0.25, 0.3) is 10.2 Å². The van der Waals surface area contributed by atoms with Crippen molar-refractivity contribution in [3.05, 3.63) is 41.2 Å². The Morgan fingerprint density at radius 2 is 2.00 bits per heavy atom. The molecule has 3 aromatic rings. The zero-order valence-corrected chi connectivity index (χ0v) is 17.5. The predicted molar refractivity (Wildman–Crippen MR) is 112 cm³/mol. The van der Waals surface area contributed by atoms with Gasteiger partial charge in [0.1, 0.15) is 0 Å². The molecule has 0 aliphatic rings. The number of hydrogen-bond donors (Lipinski definition) is 0. The Kier molecular flexibility index (Phi) is 5.92. The van der Waals surface area contributed by atoms with E-state index in [9.17, 15) is 4.79 Å². The van der Waals surface area contributed by atoms with Gasteiger partial charge in [0.2, 0.25) is 0 Å². The standard InChI is InChI=1S/C20H27N5OS/c1-6-24-11-8-16(22-24)19(26)25(10-7-9-23(4)5)20-21-17-13-14(2)12-15(3)18(17)27-20/h8,11-13H,6-7,9-10H2,1-5H3. The van der Waals surface area contributed by atoms with Crippen LogP contribution >= 0.6 is 11.3 Å². The Hall–Kier alpha value is -2.25. The summed E-state index contributed by atoms with van der Waals surface area (Å²) in [5.74, 6) is -0.0885. The first-order chi connectivity index (χ1) is 12.9. The summed E-state index contributed by atoms with van der Waals surface area (Å²) in [6.45, 7) is 8.45. The number of benzene rings is 1. The molecular formula is C20H27N5OS. The van der Waals surface area contributed by atoms with E-state index in [-0.39, 0.29) is 5.91 Å². The van der Waals surface area contributed by atoms with E-state index in [0.717, 1.165) is 34.9 Å². The van der Waals surface area contributed by atoms with Crippen LogP contribution in [-0.4, -0.2) is 52.8 Å². The van der Waals surface area contributed by atoms with Gasteiger partial charge in [-0.15, -0.1) is 0 Å². The van der Waals surface area contributed by atoms with Crippen molar-refractivity contribution in [2.75, 3.05) is 32.1 Å². The average molecular weight is 386 g/mol. The number of nitrogens with zero attached hydrogens (tertiary/aromatic N) is 5. The van der Waals surface area contributed by atoms with Crippen molar-refractivity contribution in [2.24, 2.45) is 0 Å². The highest BCUT2D eigenvalue weighted by atomic mass is 32.1. The van der Waals surface area contributed by atoms with Crippen LogP contribution in [-0.2, 0) is 6.54 Å². The summed E-state index contributed by atoms with van der Waals surface area (Å²) in [4.78, 5) is 21.9. The van der Waals surface area contributed by atoms with Crippen molar-refractivity contribution in [1.29, 1.82) is 0 Å². The van der Waals surface area contributed by atoms with Crippen LogP contribution in [0.4, 0.5) is 5.13 Å². The van der Waals surface area contributed by atoms with Gasteiger partial charge in [0, 0.05) is 19.3 Å². The second-order valence-corrected chi connectivity index (χ2v) is 8.07. The fourth-order valence-electron chi connectivity index (χ4n) is 3.10. The molecule has 6 nitrogen and oxygen atoms in total. The lowest BCUT2D eigenvalue weighted by atomic mass is 10.1. The minimum atomic E-state index is -0.0885. The zero-order valence-electron chi connectivity index (χ0n) is 16.7. The molecule has 0 N–H and O–H groups in total. The molecule has 7 heteroatoms. The monoisotopic (exact) mass is 385 g/mol. The molecule has 1 amide bonds. The molecule has 2 heterocycles. The SMILES string of the molecule is CCn1ccc(C(=O)N(CCCN(C)C)c2nc3cc(C)cc(C)c3s2)n1. The maximum absolute atomic E-state index is 13.2. The van der Waals surface area contributed by atoms with Crippen LogP contribution in [0.2, 0.25) is 0 Å². The molecule has 0 spiro atoms. The molecular weight excluding hydrogens is 358 g/mol. The lowest BCUT2D eigenvalue weighted by Crippen LogP contribution is -2.33. The number of thiazole rings is 1. The van der Waals surface area contributed by atoms with E-state index >= 15 is 0 Å². The van der Waals surface area contributed by atoms with Gasteiger partial charge in [0.15, 0.2) is 10.8 Å². The molecule has 0 bridgehead atoms. The third kappa shape index (κ3) is 4.36. The Balaban J connectivity index is 1.95. The van der Waals surface area contributed by atoms with Crippen molar-refractivity contribution in [2.45, 2.75) is 33.7 Å². The smallest absolute Gasteiger partial charge is 0.280 e. The Morgan fingerprint density at radius 3 is 2.67 bits per heavy atom. The zero-order chi connectivity index (χ0) is 19.6. The average Bonchev–Trinajstić information content (AvgIpc) is 3.24. The molecule has 0 atom stereocenters. The van der Waals surface area contributed by atoms with Gasteiger partial charge in [0.25, 0.3) is 5.91 Å². The van der Waals surface area contributed by atoms with Gasteiger partial charge in [-0.2, -0.15) is 5.10 Å². The molecule has 0 saturated heterocycles. The summed E-state index contributed by atoms with van der Waals surface area (Å²) >= 11 is 1.58. The molecule has 0 fully saturated rings. The predicted octanol–water partition coefficient (Wildman–Crippen LogP) is 3.73. The number of rotatable bonds is 7. The third-order valence-corrected chi connectivity index (χ3v) is 5.69. The fraction of sp³-hybridized carbons (Fsp3) is 0.450. The molecule has 2 aromatic heterocycles. The number of aryl methyl sites for hydroxylation is 3. The second kappa shape index (κ2) is 8.19. The van der Waals surface area contributed by atoms with Crippen molar-refractivity contribution in [3.8, 4) is 0 Å². The Bertz CT molecular complexity index is 943. The highest BCUT2D eigenvalue weighted by Gasteiger charge is 2.23. The molecule has 144 valence electrons. The Morgan fingerprint density at radius 1 is 1.22 bits per heavy atom. The largest absolute Gasteiger partial charge is 0.309 e. The third-order valence-electron chi connectivity index (χ3n) is 4.46. The van der Waals surface area contributed by atoms with E-state index in [1.165, 1.54) is 11.1 Å². The van der Waals surface area contributed by atoms with Crippen LogP contribution in [0.15, 0.2) is 24.4 Å². The van der Waals surface area contributed by atoms with Crippen LogP contribution < -0.4 is 4.90 Å². The topological polar surface area (TPSA) is 54.3 Å². The number of amides is 1. The molecule has 27 heavy (non-hydrogen) atoms. The molecule has 0 aliphatic carbocycles. The van der Waals surface area contributed by atoms with Gasteiger partial charge in [-0.1, -0.05) is 17.4 Å². The summed E-state index contributed by atoms with van der Waals surface area (Å²) < 4.78 is 2.91. The van der Waals surface area contributed by atoms with Crippen LogP contribution in [0.5, 0.6) is 0 Å². The van der Waals surface area contributed by atoms with Gasteiger partial charge in [-0.25, -0.2) is 4.98 Å². The number of anilines is 1. The molecule has 0 radical (unpaired) electrons. The number of aromatic nitrogens is 3. The number of carbonyl (C=O) groups is 1. The van der Waals surface area contributed by atoms with Crippen molar-refractivity contribution in [3.63, 3.8) is 0 Å². The highest BCUT2D eigenvalue weighted by molar-refractivity contribution is 7.22. The molecule has 0 aliphatic heterocycles. The quantitative estimate of drug-likeness (QED) is 0.622. The summed E-state index contributed by atoms with van der Waals surface area (Å²) in [7, 11) is 4.08. The number of carbonyl (C=O) groups excluding carboxylic acids is 1. The van der Waals surface area contributed by atoms with E-state index in [1.54, 1.807) is 27.0 Å². The normalized spacial score (nSPS) is 11.5. The fourth-order valence-corrected chi connectivity index (χ4v) is 4.14. The number of fused-ring (bicyclic) bond motifs is 1. The second-order valence-electron chi connectivity index (χ2n) is 7.10. The molecule has 0 unspecified atom stereocenters. The van der Waals surface area contributed by atoms with Crippen molar-refractivity contribution in [1.82, 2.24) is 19.7 Å². The van der Waals surface area contributed by atoms with Crippen LogP contribution in [0, 0.1) is 13.8 Å². The maximum atomic E-state index is 13.2. The van der Waals surface area contributed by atoms with Crippen molar-refractivity contribution < 1.29 is 4.79 Å². The summed E-state index contributed by atoms with van der Waals surface area (Å²) in [5, 5.41) is 5.14. The lowest BCUT2D eigenvalue weighted by Gasteiger charge is -2.20. The Labute approximate surface area is 164 Å².